The highest BCUT2D eigenvalue weighted by Gasteiger charge is 2.39. The van der Waals surface area contributed by atoms with Crippen LogP contribution in [0, 0.1) is 17.0 Å². The van der Waals surface area contributed by atoms with Gasteiger partial charge in [-0.1, -0.05) is 30.3 Å². The van der Waals surface area contributed by atoms with Crippen LogP contribution in [0.25, 0.3) is 10.9 Å². The molecule has 0 unspecified atom stereocenters. The third-order valence-electron chi connectivity index (χ3n) is 7.04. The maximum atomic E-state index is 14.0. The maximum Gasteiger partial charge on any atom is 0.337 e. The van der Waals surface area contributed by atoms with Crippen LogP contribution in [0.15, 0.2) is 70.5 Å². The number of nitrogens with zero attached hydrogens (tertiary/aromatic N) is 5. The number of benzene rings is 3. The average Bonchev–Trinajstić information content (AvgIpc) is 3.33. The van der Waals surface area contributed by atoms with Gasteiger partial charge >= 0.3 is 5.97 Å². The summed E-state index contributed by atoms with van der Waals surface area (Å²) >= 11 is 0. The third-order valence-corrected chi connectivity index (χ3v) is 7.04. The van der Waals surface area contributed by atoms with E-state index >= 15 is 0 Å². The second kappa shape index (κ2) is 8.98. The monoisotopic (exact) mass is 523 g/mol. The number of hydrogen-bond acceptors (Lipinski definition) is 8. The highest BCUT2D eigenvalue weighted by Crippen LogP contribution is 2.40. The molecule has 1 aromatic heterocycles. The minimum absolute atomic E-state index is 0.0951. The first-order chi connectivity index (χ1) is 18.8. The van der Waals surface area contributed by atoms with Crippen molar-refractivity contribution in [2.75, 3.05) is 18.6 Å². The first-order valence-electron chi connectivity index (χ1n) is 12.2. The Morgan fingerprint density at radius 1 is 1.10 bits per heavy atom. The van der Waals surface area contributed by atoms with Gasteiger partial charge in [0, 0.05) is 29.8 Å². The Kier molecular flexibility index (Phi) is 5.56. The van der Waals surface area contributed by atoms with Gasteiger partial charge in [0.2, 0.25) is 6.17 Å². The predicted octanol–water partition coefficient (Wildman–Crippen LogP) is 3.34. The molecule has 0 bridgehead atoms. The number of rotatable bonds is 4. The highest BCUT2D eigenvalue weighted by atomic mass is 16.6. The van der Waals surface area contributed by atoms with E-state index in [9.17, 15) is 24.5 Å². The van der Waals surface area contributed by atoms with E-state index in [2.05, 4.69) is 4.98 Å². The van der Waals surface area contributed by atoms with Crippen LogP contribution in [0.5, 0.6) is 0 Å². The summed E-state index contributed by atoms with van der Waals surface area (Å²) in [4.78, 5) is 62.0. The van der Waals surface area contributed by atoms with Gasteiger partial charge in [-0.05, 0) is 37.1 Å². The number of aromatic nitrogens is 2. The number of ether oxygens (including phenoxy) is 1. The van der Waals surface area contributed by atoms with Crippen LogP contribution >= 0.6 is 0 Å². The molecule has 3 heterocycles. The molecule has 0 N–H and O–H groups in total. The zero-order valence-corrected chi connectivity index (χ0v) is 21.0. The fourth-order valence-electron chi connectivity index (χ4n) is 5.26. The second-order valence-electron chi connectivity index (χ2n) is 9.27. The molecule has 1 amide bonds. The molecule has 0 aliphatic carbocycles. The Labute approximate surface area is 221 Å². The van der Waals surface area contributed by atoms with Crippen molar-refractivity contribution in [1.82, 2.24) is 9.55 Å². The lowest BCUT2D eigenvalue weighted by Crippen LogP contribution is -2.39. The number of fused-ring (bicyclic) bond motifs is 1. The number of non-ortho nitro benzene ring substituents is 1. The molecule has 194 valence electrons. The van der Waals surface area contributed by atoms with Gasteiger partial charge in [-0.15, -0.1) is 0 Å². The SMILES string of the molecule is COC(=O)c1ccc2c(=O)n([C@@H]3N=C(c4ccccc4)c4cc([N+](=O)[O-])cc5c4N(CC5)C3=O)c(C)nc2c1. The zero-order valence-electron chi connectivity index (χ0n) is 21.0. The molecule has 1 atom stereocenters. The van der Waals surface area contributed by atoms with Gasteiger partial charge in [-0.3, -0.25) is 24.3 Å². The third kappa shape index (κ3) is 3.78. The van der Waals surface area contributed by atoms with Crippen LogP contribution in [0.3, 0.4) is 0 Å². The highest BCUT2D eigenvalue weighted by molar-refractivity contribution is 6.21. The van der Waals surface area contributed by atoms with Gasteiger partial charge in [0.25, 0.3) is 17.2 Å². The van der Waals surface area contributed by atoms with Crippen LogP contribution in [0.2, 0.25) is 0 Å². The molecule has 0 saturated carbocycles. The van der Waals surface area contributed by atoms with Crippen LogP contribution in [-0.4, -0.2) is 45.7 Å². The van der Waals surface area contributed by atoms with E-state index in [4.69, 9.17) is 9.73 Å². The molecule has 2 aliphatic heterocycles. The Hall–Kier alpha value is -5.19. The molecule has 0 saturated heterocycles. The number of aliphatic imine (C=N–C) groups is 1. The number of nitro benzene ring substituents is 1. The zero-order chi connectivity index (χ0) is 27.4. The quantitative estimate of drug-likeness (QED) is 0.227. The number of amides is 1. The van der Waals surface area contributed by atoms with Gasteiger partial charge in [0.15, 0.2) is 0 Å². The fourth-order valence-corrected chi connectivity index (χ4v) is 5.26. The Morgan fingerprint density at radius 2 is 1.87 bits per heavy atom. The van der Waals surface area contributed by atoms with Crippen molar-refractivity contribution in [1.29, 1.82) is 0 Å². The molecule has 0 fully saturated rings. The van der Waals surface area contributed by atoms with Gasteiger partial charge in [-0.25, -0.2) is 14.8 Å². The summed E-state index contributed by atoms with van der Waals surface area (Å²) in [6.45, 7) is 1.89. The molecule has 4 aromatic rings. The van der Waals surface area contributed by atoms with Crippen molar-refractivity contribution < 1.29 is 19.2 Å². The van der Waals surface area contributed by atoms with Crippen molar-refractivity contribution in [2.45, 2.75) is 19.5 Å². The minimum atomic E-state index is -1.30. The minimum Gasteiger partial charge on any atom is -0.465 e. The van der Waals surface area contributed by atoms with Crippen molar-refractivity contribution in [3.63, 3.8) is 0 Å². The fraction of sp³-hybridized carbons (Fsp3) is 0.179. The lowest BCUT2D eigenvalue weighted by Gasteiger charge is -2.22. The van der Waals surface area contributed by atoms with E-state index in [0.717, 1.165) is 0 Å². The topological polar surface area (TPSA) is 137 Å². The summed E-state index contributed by atoms with van der Waals surface area (Å²) in [5.41, 5.74) is 2.64. The molecular weight excluding hydrogens is 502 g/mol. The van der Waals surface area contributed by atoms with Gasteiger partial charge < -0.3 is 9.64 Å². The summed E-state index contributed by atoms with van der Waals surface area (Å²) in [6, 6.07) is 16.4. The number of hydrogen-bond donors (Lipinski definition) is 0. The van der Waals surface area contributed by atoms with E-state index < -0.39 is 28.5 Å². The van der Waals surface area contributed by atoms with Crippen molar-refractivity contribution in [3.8, 4) is 0 Å². The number of anilines is 1. The van der Waals surface area contributed by atoms with Crippen LogP contribution in [-0.2, 0) is 16.0 Å². The standard InChI is InChI=1S/C28H21N5O6/c1-15-29-22-13-18(28(36)39-2)8-9-20(22)26(34)32(15)25-27(35)31-11-10-17-12-19(33(37)38)14-21(24(17)31)23(30-25)16-6-4-3-5-7-16/h3-9,12-14,25H,10-11H2,1-2H3/t25-/m0/s1. The van der Waals surface area contributed by atoms with Crippen molar-refractivity contribution >= 4 is 39.9 Å². The number of nitro groups is 1. The van der Waals surface area contributed by atoms with Crippen LogP contribution < -0.4 is 10.5 Å². The van der Waals surface area contributed by atoms with Crippen LogP contribution in [0.4, 0.5) is 11.4 Å². The molecule has 3 aromatic carbocycles. The summed E-state index contributed by atoms with van der Waals surface area (Å²) in [6.07, 6.45) is -0.868. The average molecular weight is 524 g/mol. The van der Waals surface area contributed by atoms with E-state index in [0.29, 0.717) is 41.1 Å². The number of esters is 1. The molecule has 0 radical (unpaired) electrons. The van der Waals surface area contributed by atoms with Gasteiger partial charge in [0.1, 0.15) is 5.82 Å². The van der Waals surface area contributed by atoms with Gasteiger partial charge in [-0.2, -0.15) is 0 Å². The summed E-state index contributed by atoms with van der Waals surface area (Å²) < 4.78 is 6.01. The molecule has 39 heavy (non-hydrogen) atoms. The molecule has 2 aliphatic rings. The number of carbonyl (C=O) groups is 2. The second-order valence-corrected chi connectivity index (χ2v) is 9.27. The largest absolute Gasteiger partial charge is 0.465 e. The predicted molar refractivity (Wildman–Crippen MR) is 142 cm³/mol. The first kappa shape index (κ1) is 24.2. The first-order valence-corrected chi connectivity index (χ1v) is 12.2. The van der Waals surface area contributed by atoms with Crippen molar-refractivity contribution in [3.05, 3.63) is 109 Å². The number of methoxy groups -OCH3 is 1. The molecule has 0 spiro atoms. The molecule has 11 heteroatoms. The molecular formula is C28H21N5O6. The maximum absolute atomic E-state index is 14.0. The summed E-state index contributed by atoms with van der Waals surface area (Å²) in [5, 5.41) is 12.0. The van der Waals surface area contributed by atoms with Gasteiger partial charge in [0.05, 0.1) is 39.9 Å². The van der Waals surface area contributed by atoms with Crippen LogP contribution in [0.1, 0.15) is 39.0 Å². The Bertz CT molecular complexity index is 1810. The summed E-state index contributed by atoms with van der Waals surface area (Å²) in [5.74, 6) is -0.777. The number of aryl methyl sites for hydroxylation is 1. The van der Waals surface area contributed by atoms with E-state index in [-0.39, 0.29) is 28.0 Å². The summed E-state index contributed by atoms with van der Waals surface area (Å²) in [7, 11) is 1.26. The Morgan fingerprint density at radius 3 is 2.59 bits per heavy atom. The smallest absolute Gasteiger partial charge is 0.337 e. The van der Waals surface area contributed by atoms with E-state index in [1.54, 1.807) is 24.0 Å². The molecule has 11 nitrogen and oxygen atoms in total. The van der Waals surface area contributed by atoms with Crippen molar-refractivity contribution in [2.24, 2.45) is 4.99 Å². The Balaban J connectivity index is 1.62. The molecule has 6 rings (SSSR count). The normalized spacial score (nSPS) is 16.1. The van der Waals surface area contributed by atoms with E-state index in [1.807, 2.05) is 18.2 Å². The lowest BCUT2D eigenvalue weighted by molar-refractivity contribution is -0.384. The van der Waals surface area contributed by atoms with E-state index in [1.165, 1.54) is 42.0 Å². The number of carbonyl (C=O) groups excluding carboxylic acids is 2. The lowest BCUT2D eigenvalue weighted by atomic mass is 9.97.